The maximum Gasteiger partial charge on any atom is 0.251 e. The van der Waals surface area contributed by atoms with E-state index >= 15 is 0 Å². The standard InChI is InChI=1S/C11H16N2O4S/c1-18(16,17)10-6-8(5-9(12)7-10)11(15)13-3-2-4-14/h5-7,14H,2-4,12H2,1H3,(H,13,15). The molecule has 0 atom stereocenters. The van der Waals surface area contributed by atoms with Gasteiger partial charge < -0.3 is 16.2 Å². The number of rotatable bonds is 5. The van der Waals surface area contributed by atoms with E-state index in [1.165, 1.54) is 18.2 Å². The van der Waals surface area contributed by atoms with Crippen LogP contribution in [-0.4, -0.2) is 38.8 Å². The number of hydrogen-bond donors (Lipinski definition) is 3. The van der Waals surface area contributed by atoms with E-state index in [2.05, 4.69) is 5.32 Å². The Morgan fingerprint density at radius 1 is 1.39 bits per heavy atom. The molecule has 0 aliphatic rings. The number of amides is 1. The lowest BCUT2D eigenvalue weighted by molar-refractivity contribution is 0.0951. The van der Waals surface area contributed by atoms with Crippen molar-refractivity contribution in [1.82, 2.24) is 5.32 Å². The predicted molar refractivity (Wildman–Crippen MR) is 68.0 cm³/mol. The van der Waals surface area contributed by atoms with Crippen LogP contribution in [0.3, 0.4) is 0 Å². The molecule has 1 amide bonds. The number of sulfone groups is 1. The lowest BCUT2D eigenvalue weighted by Crippen LogP contribution is -2.25. The van der Waals surface area contributed by atoms with E-state index < -0.39 is 15.7 Å². The highest BCUT2D eigenvalue weighted by Crippen LogP contribution is 2.16. The Hall–Kier alpha value is -1.60. The zero-order valence-electron chi connectivity index (χ0n) is 10.0. The van der Waals surface area contributed by atoms with Crippen molar-refractivity contribution in [2.45, 2.75) is 11.3 Å². The Bertz CT molecular complexity index is 540. The van der Waals surface area contributed by atoms with Gasteiger partial charge in [0.25, 0.3) is 5.91 Å². The topological polar surface area (TPSA) is 109 Å². The van der Waals surface area contributed by atoms with Crippen LogP contribution in [-0.2, 0) is 9.84 Å². The lowest BCUT2D eigenvalue weighted by Gasteiger charge is -2.07. The predicted octanol–water partition coefficient (Wildman–Crippen LogP) is -0.215. The van der Waals surface area contributed by atoms with Gasteiger partial charge >= 0.3 is 0 Å². The number of benzene rings is 1. The number of aliphatic hydroxyl groups is 1. The average molecular weight is 272 g/mol. The van der Waals surface area contributed by atoms with E-state index in [1.54, 1.807) is 0 Å². The van der Waals surface area contributed by atoms with Crippen LogP contribution in [0, 0.1) is 0 Å². The maximum atomic E-state index is 11.7. The number of nitrogens with two attached hydrogens (primary N) is 1. The van der Waals surface area contributed by atoms with E-state index in [4.69, 9.17) is 10.8 Å². The molecular weight excluding hydrogens is 256 g/mol. The van der Waals surface area contributed by atoms with Crippen LogP contribution in [0.5, 0.6) is 0 Å². The Kier molecular flexibility index (Phi) is 4.69. The molecule has 0 unspecified atom stereocenters. The van der Waals surface area contributed by atoms with Crippen molar-refractivity contribution < 1.29 is 18.3 Å². The number of carbonyl (C=O) groups excluding carboxylic acids is 1. The fourth-order valence-electron chi connectivity index (χ4n) is 1.35. The zero-order chi connectivity index (χ0) is 13.8. The SMILES string of the molecule is CS(=O)(=O)c1cc(N)cc(C(=O)NCCCO)c1. The molecule has 0 saturated carbocycles. The summed E-state index contributed by atoms with van der Waals surface area (Å²) in [5.41, 5.74) is 5.97. The minimum absolute atomic E-state index is 0.00908. The number of carbonyl (C=O) groups is 1. The fourth-order valence-corrected chi connectivity index (χ4v) is 2.04. The summed E-state index contributed by atoms with van der Waals surface area (Å²) >= 11 is 0. The van der Waals surface area contributed by atoms with Crippen LogP contribution < -0.4 is 11.1 Å². The smallest absolute Gasteiger partial charge is 0.251 e. The second-order valence-electron chi connectivity index (χ2n) is 3.90. The first-order valence-electron chi connectivity index (χ1n) is 5.34. The number of aliphatic hydroxyl groups excluding tert-OH is 1. The average Bonchev–Trinajstić information content (AvgIpc) is 2.27. The number of anilines is 1. The van der Waals surface area contributed by atoms with Gasteiger partial charge in [-0.05, 0) is 24.6 Å². The lowest BCUT2D eigenvalue weighted by atomic mass is 10.2. The van der Waals surface area contributed by atoms with E-state index in [0.29, 0.717) is 13.0 Å². The molecule has 0 bridgehead atoms. The normalized spacial score (nSPS) is 11.2. The van der Waals surface area contributed by atoms with Crippen molar-refractivity contribution in [3.8, 4) is 0 Å². The molecule has 0 aromatic heterocycles. The highest BCUT2D eigenvalue weighted by Gasteiger charge is 2.13. The van der Waals surface area contributed by atoms with Crippen LogP contribution in [0.1, 0.15) is 16.8 Å². The number of hydrogen-bond acceptors (Lipinski definition) is 5. The summed E-state index contributed by atoms with van der Waals surface area (Å²) in [6, 6.07) is 3.99. The molecule has 1 aromatic rings. The third-order valence-corrected chi connectivity index (χ3v) is 3.33. The minimum Gasteiger partial charge on any atom is -0.399 e. The summed E-state index contributed by atoms with van der Waals surface area (Å²) in [5.74, 6) is -0.416. The zero-order valence-corrected chi connectivity index (χ0v) is 10.8. The van der Waals surface area contributed by atoms with Gasteiger partial charge in [-0.3, -0.25) is 4.79 Å². The molecular formula is C11H16N2O4S. The van der Waals surface area contributed by atoms with Gasteiger partial charge in [-0.2, -0.15) is 0 Å². The molecule has 1 aromatic carbocycles. The summed E-state index contributed by atoms with van der Waals surface area (Å²) < 4.78 is 22.8. The van der Waals surface area contributed by atoms with Crippen LogP contribution in [0.15, 0.2) is 23.1 Å². The molecule has 18 heavy (non-hydrogen) atoms. The van der Waals surface area contributed by atoms with E-state index in [0.717, 1.165) is 6.26 Å². The second kappa shape index (κ2) is 5.83. The first-order valence-corrected chi connectivity index (χ1v) is 7.23. The van der Waals surface area contributed by atoms with Gasteiger partial charge in [0.2, 0.25) is 0 Å². The van der Waals surface area contributed by atoms with Crippen molar-refractivity contribution in [1.29, 1.82) is 0 Å². The second-order valence-corrected chi connectivity index (χ2v) is 5.91. The monoisotopic (exact) mass is 272 g/mol. The van der Waals surface area contributed by atoms with Gasteiger partial charge in [0.05, 0.1) is 4.90 Å². The number of nitrogens with one attached hydrogen (secondary N) is 1. The van der Waals surface area contributed by atoms with Crippen molar-refractivity contribution >= 4 is 21.4 Å². The van der Waals surface area contributed by atoms with Crippen LogP contribution in [0.2, 0.25) is 0 Å². The minimum atomic E-state index is -3.41. The molecule has 0 spiro atoms. The van der Waals surface area contributed by atoms with Gasteiger partial charge in [-0.1, -0.05) is 0 Å². The summed E-state index contributed by atoms with van der Waals surface area (Å²) in [7, 11) is -3.41. The van der Waals surface area contributed by atoms with E-state index in [-0.39, 0.29) is 22.8 Å². The Labute approximate surface area is 106 Å². The number of nitrogen functional groups attached to an aromatic ring is 1. The third kappa shape index (κ3) is 4.01. The first kappa shape index (κ1) is 14.5. The van der Waals surface area contributed by atoms with Crippen molar-refractivity contribution in [2.24, 2.45) is 0 Å². The Morgan fingerprint density at radius 3 is 2.61 bits per heavy atom. The molecule has 4 N–H and O–H groups in total. The molecule has 0 saturated heterocycles. The molecule has 0 fully saturated rings. The largest absolute Gasteiger partial charge is 0.399 e. The highest BCUT2D eigenvalue weighted by atomic mass is 32.2. The van der Waals surface area contributed by atoms with Crippen molar-refractivity contribution in [3.05, 3.63) is 23.8 Å². The molecule has 0 heterocycles. The first-order chi connectivity index (χ1) is 8.34. The van der Waals surface area contributed by atoms with Crippen LogP contribution >= 0.6 is 0 Å². The van der Waals surface area contributed by atoms with Crippen LogP contribution in [0.4, 0.5) is 5.69 Å². The molecule has 0 aliphatic carbocycles. The van der Waals surface area contributed by atoms with Gasteiger partial charge in [0.15, 0.2) is 9.84 Å². The Morgan fingerprint density at radius 2 is 2.06 bits per heavy atom. The van der Waals surface area contributed by atoms with Crippen molar-refractivity contribution in [2.75, 3.05) is 25.1 Å². The summed E-state index contributed by atoms with van der Waals surface area (Å²) in [4.78, 5) is 11.7. The highest BCUT2D eigenvalue weighted by molar-refractivity contribution is 7.90. The van der Waals surface area contributed by atoms with Crippen molar-refractivity contribution in [3.63, 3.8) is 0 Å². The molecule has 0 aliphatic heterocycles. The molecule has 0 radical (unpaired) electrons. The van der Waals surface area contributed by atoms with Gasteiger partial charge in [-0.15, -0.1) is 0 Å². The molecule has 1 rings (SSSR count). The summed E-state index contributed by atoms with van der Waals surface area (Å²) in [6.45, 7) is 0.296. The van der Waals surface area contributed by atoms with Crippen LogP contribution in [0.25, 0.3) is 0 Å². The summed E-state index contributed by atoms with van der Waals surface area (Å²) in [5, 5.41) is 11.2. The fraction of sp³-hybridized carbons (Fsp3) is 0.364. The quantitative estimate of drug-likeness (QED) is 0.507. The Balaban J connectivity index is 2.96. The van der Waals surface area contributed by atoms with Gasteiger partial charge in [0, 0.05) is 30.7 Å². The molecule has 100 valence electrons. The maximum absolute atomic E-state index is 11.7. The molecule has 7 heteroatoms. The van der Waals surface area contributed by atoms with Gasteiger partial charge in [-0.25, -0.2) is 8.42 Å². The third-order valence-electron chi connectivity index (χ3n) is 2.24. The van der Waals surface area contributed by atoms with E-state index in [9.17, 15) is 13.2 Å². The summed E-state index contributed by atoms with van der Waals surface area (Å²) in [6.07, 6.45) is 1.49. The van der Waals surface area contributed by atoms with E-state index in [1.807, 2.05) is 0 Å². The molecule has 6 nitrogen and oxygen atoms in total. The van der Waals surface area contributed by atoms with Gasteiger partial charge in [0.1, 0.15) is 0 Å².